The highest BCUT2D eigenvalue weighted by Gasteiger charge is 2.56. The first kappa shape index (κ1) is 30.3. The van der Waals surface area contributed by atoms with Gasteiger partial charge in [-0.1, -0.05) is 12.1 Å². The summed E-state index contributed by atoms with van der Waals surface area (Å²) in [5.74, 6) is -1.29. The number of halogens is 3. The maximum atomic E-state index is 15.2. The summed E-state index contributed by atoms with van der Waals surface area (Å²) in [6.45, 7) is 1.90. The van der Waals surface area contributed by atoms with Crippen molar-refractivity contribution in [2.24, 2.45) is 5.41 Å². The Labute approximate surface area is 255 Å². The lowest BCUT2D eigenvalue weighted by atomic mass is 10.0. The topological polar surface area (TPSA) is 141 Å². The third kappa shape index (κ3) is 5.86. The molecule has 44 heavy (non-hydrogen) atoms. The van der Waals surface area contributed by atoms with Crippen LogP contribution in [0, 0.1) is 17.0 Å². The molecule has 11 nitrogen and oxygen atoms in total. The number of carbonyl (C=O) groups is 2. The lowest BCUT2D eigenvalue weighted by Crippen LogP contribution is -2.35. The molecule has 1 fully saturated rings. The fraction of sp³-hybridized carbons (Fsp3) is 0.200. The molecule has 6 rings (SSSR count). The van der Waals surface area contributed by atoms with Gasteiger partial charge >= 0.3 is 0 Å². The molecule has 2 aromatic carbocycles. The minimum absolute atomic E-state index is 0. The molecule has 5 aromatic rings. The second-order valence-corrected chi connectivity index (χ2v) is 9.86. The van der Waals surface area contributed by atoms with Crippen molar-refractivity contribution in [1.29, 1.82) is 0 Å². The monoisotopic (exact) mass is 622 g/mol. The summed E-state index contributed by atoms with van der Waals surface area (Å²) in [6, 6.07) is 11.2. The standard InChI is InChI=1S/C30H24F2N6O5.ClH/c1-3-25-37-26(43-38-25)20-13-19-22(14-24(20)41-2)33-11-8-23(19)42-27-21(32)12-18(15-34-27)36-29(40)30(9-10-30)28(39)35-17-6-4-16(31)5-7-17;/h4-8,11-15H,3,9-10H2,1-2H3,(H,35,39)(H,36,40);1H. The smallest absolute Gasteiger partial charge is 0.261 e. The van der Waals surface area contributed by atoms with Gasteiger partial charge < -0.3 is 24.6 Å². The van der Waals surface area contributed by atoms with Gasteiger partial charge in [0.25, 0.3) is 11.8 Å². The quantitative estimate of drug-likeness (QED) is 0.186. The zero-order valence-corrected chi connectivity index (χ0v) is 24.2. The predicted octanol–water partition coefficient (Wildman–Crippen LogP) is 6.10. The second-order valence-electron chi connectivity index (χ2n) is 9.86. The van der Waals surface area contributed by atoms with E-state index in [2.05, 4.69) is 30.7 Å². The van der Waals surface area contributed by atoms with Crippen molar-refractivity contribution in [2.45, 2.75) is 26.2 Å². The molecule has 1 saturated carbocycles. The Morgan fingerprint density at radius 1 is 0.977 bits per heavy atom. The first-order valence-electron chi connectivity index (χ1n) is 13.3. The summed E-state index contributed by atoms with van der Waals surface area (Å²) in [5, 5.41) is 9.63. The summed E-state index contributed by atoms with van der Waals surface area (Å²) in [5.41, 5.74) is 0.0998. The van der Waals surface area contributed by atoms with Crippen LogP contribution in [0.25, 0.3) is 22.4 Å². The minimum Gasteiger partial charge on any atom is -0.496 e. The third-order valence-electron chi connectivity index (χ3n) is 7.03. The van der Waals surface area contributed by atoms with Gasteiger partial charge in [0.2, 0.25) is 11.8 Å². The number of aromatic nitrogens is 4. The molecule has 0 radical (unpaired) electrons. The number of anilines is 2. The Morgan fingerprint density at radius 3 is 2.34 bits per heavy atom. The van der Waals surface area contributed by atoms with E-state index in [0.29, 0.717) is 53.0 Å². The van der Waals surface area contributed by atoms with E-state index in [-0.39, 0.29) is 35.6 Å². The number of pyridine rings is 2. The highest BCUT2D eigenvalue weighted by molar-refractivity contribution is 6.16. The van der Waals surface area contributed by atoms with E-state index in [1.807, 2.05) is 6.92 Å². The van der Waals surface area contributed by atoms with E-state index in [9.17, 15) is 14.0 Å². The van der Waals surface area contributed by atoms with E-state index in [1.54, 1.807) is 18.2 Å². The van der Waals surface area contributed by atoms with Crippen LogP contribution in [0.1, 0.15) is 25.6 Å². The van der Waals surface area contributed by atoms with E-state index in [1.165, 1.54) is 43.8 Å². The number of methoxy groups -OCH3 is 1. The van der Waals surface area contributed by atoms with Crippen LogP contribution >= 0.6 is 12.4 Å². The lowest BCUT2D eigenvalue weighted by molar-refractivity contribution is -0.131. The van der Waals surface area contributed by atoms with Gasteiger partial charge in [0, 0.05) is 35.8 Å². The van der Waals surface area contributed by atoms with Crippen LogP contribution in [0.5, 0.6) is 17.4 Å². The highest BCUT2D eigenvalue weighted by atomic mass is 35.5. The Bertz CT molecular complexity index is 1860. The number of amides is 2. The van der Waals surface area contributed by atoms with Crippen LogP contribution in [-0.4, -0.2) is 39.0 Å². The van der Waals surface area contributed by atoms with Gasteiger partial charge in [-0.3, -0.25) is 14.6 Å². The number of nitrogens with one attached hydrogen (secondary N) is 2. The summed E-state index contributed by atoms with van der Waals surface area (Å²) in [6.07, 6.45) is 3.94. The number of ether oxygens (including phenoxy) is 2. The van der Waals surface area contributed by atoms with Gasteiger partial charge in [0.05, 0.1) is 30.1 Å². The second kappa shape index (κ2) is 12.2. The lowest BCUT2D eigenvalue weighted by Gasteiger charge is -2.16. The van der Waals surface area contributed by atoms with E-state index in [4.69, 9.17) is 14.0 Å². The molecule has 1 aliphatic rings. The Balaban J connectivity index is 0.00000384. The van der Waals surface area contributed by atoms with Crippen molar-refractivity contribution < 1.29 is 32.4 Å². The van der Waals surface area contributed by atoms with Gasteiger partial charge in [-0.2, -0.15) is 4.98 Å². The highest BCUT2D eigenvalue weighted by Crippen LogP contribution is 2.47. The van der Waals surface area contributed by atoms with Crippen LogP contribution in [0.4, 0.5) is 20.2 Å². The summed E-state index contributed by atoms with van der Waals surface area (Å²) in [4.78, 5) is 38.6. The van der Waals surface area contributed by atoms with Crippen LogP contribution < -0.4 is 20.1 Å². The molecule has 3 aromatic heterocycles. The van der Waals surface area contributed by atoms with E-state index in [0.717, 1.165) is 6.07 Å². The van der Waals surface area contributed by atoms with Crippen LogP contribution in [-0.2, 0) is 16.0 Å². The Hall–Kier alpha value is -5.17. The number of hydrogen-bond acceptors (Lipinski definition) is 9. The minimum atomic E-state index is -1.31. The van der Waals surface area contributed by atoms with Crippen molar-refractivity contribution in [3.05, 3.63) is 78.4 Å². The van der Waals surface area contributed by atoms with Gasteiger partial charge in [-0.25, -0.2) is 13.8 Å². The van der Waals surface area contributed by atoms with Crippen molar-refractivity contribution in [3.8, 4) is 28.8 Å². The van der Waals surface area contributed by atoms with Gasteiger partial charge in [0.15, 0.2) is 11.6 Å². The molecule has 1 aliphatic carbocycles. The van der Waals surface area contributed by atoms with Crippen molar-refractivity contribution >= 4 is 46.5 Å². The van der Waals surface area contributed by atoms with E-state index < -0.39 is 28.9 Å². The normalized spacial score (nSPS) is 13.1. The van der Waals surface area contributed by atoms with Gasteiger partial charge in [0.1, 0.15) is 22.7 Å². The molecule has 0 saturated heterocycles. The number of hydrogen-bond donors (Lipinski definition) is 2. The number of carbonyl (C=O) groups excluding carboxylic acids is 2. The first-order valence-corrected chi connectivity index (χ1v) is 13.3. The molecule has 2 N–H and O–H groups in total. The zero-order valence-electron chi connectivity index (χ0n) is 23.4. The average molecular weight is 623 g/mol. The van der Waals surface area contributed by atoms with Gasteiger partial charge in [-0.05, 0) is 49.2 Å². The maximum Gasteiger partial charge on any atom is 0.261 e. The van der Waals surface area contributed by atoms with Crippen molar-refractivity contribution in [1.82, 2.24) is 20.1 Å². The molecule has 2 amide bonds. The largest absolute Gasteiger partial charge is 0.496 e. The average Bonchev–Trinajstić information content (AvgIpc) is 3.70. The Morgan fingerprint density at radius 2 is 1.70 bits per heavy atom. The molecule has 0 spiro atoms. The molecular formula is C30H25ClF2N6O5. The number of rotatable bonds is 9. The Kier molecular flexibility index (Phi) is 8.41. The fourth-order valence-corrected chi connectivity index (χ4v) is 4.47. The maximum absolute atomic E-state index is 15.2. The third-order valence-corrected chi connectivity index (χ3v) is 7.03. The molecule has 3 heterocycles. The van der Waals surface area contributed by atoms with Crippen LogP contribution in [0.2, 0.25) is 0 Å². The van der Waals surface area contributed by atoms with Crippen molar-refractivity contribution in [2.75, 3.05) is 17.7 Å². The van der Waals surface area contributed by atoms with Gasteiger partial charge in [-0.15, -0.1) is 12.4 Å². The van der Waals surface area contributed by atoms with Crippen molar-refractivity contribution in [3.63, 3.8) is 0 Å². The molecule has 0 unspecified atom stereocenters. The number of benzene rings is 2. The van der Waals surface area contributed by atoms with E-state index >= 15 is 4.39 Å². The summed E-state index contributed by atoms with van der Waals surface area (Å²) in [7, 11) is 1.50. The molecular weight excluding hydrogens is 598 g/mol. The zero-order chi connectivity index (χ0) is 30.1. The number of aryl methyl sites for hydroxylation is 1. The summed E-state index contributed by atoms with van der Waals surface area (Å²) < 4.78 is 45.0. The number of fused-ring (bicyclic) bond motifs is 1. The summed E-state index contributed by atoms with van der Waals surface area (Å²) >= 11 is 0. The first-order chi connectivity index (χ1) is 20.8. The predicted molar refractivity (Wildman–Crippen MR) is 158 cm³/mol. The fourth-order valence-electron chi connectivity index (χ4n) is 4.47. The number of nitrogens with zero attached hydrogens (tertiary/aromatic N) is 4. The SMILES string of the molecule is CCc1noc(-c2cc3c(Oc4ncc(NC(=O)C5(C(=O)Nc6ccc(F)cc6)CC5)cc4F)ccnc3cc2OC)n1.Cl. The van der Waals surface area contributed by atoms with Crippen LogP contribution in [0.3, 0.4) is 0 Å². The molecule has 0 atom stereocenters. The molecule has 0 aliphatic heterocycles. The van der Waals surface area contributed by atoms with Crippen LogP contribution in [0.15, 0.2) is 65.4 Å². The molecule has 0 bridgehead atoms. The molecule has 14 heteroatoms. The molecule has 226 valence electrons.